The van der Waals surface area contributed by atoms with Gasteiger partial charge in [-0.25, -0.2) is 0 Å². The molecule has 17 heavy (non-hydrogen) atoms. The van der Waals surface area contributed by atoms with Gasteiger partial charge in [0.1, 0.15) is 0 Å². The van der Waals surface area contributed by atoms with Crippen LogP contribution in [0.2, 0.25) is 0 Å². The van der Waals surface area contributed by atoms with Gasteiger partial charge in [0.05, 0.1) is 28.7 Å². The van der Waals surface area contributed by atoms with Crippen molar-refractivity contribution in [3.8, 4) is 0 Å². The molecule has 1 amide bonds. The number of carbonyl (C=O) groups excluding carboxylic acids is 1. The largest absolute Gasteiger partial charge is 0.390 e. The lowest BCUT2D eigenvalue weighted by atomic mass is 10.1. The van der Waals surface area contributed by atoms with E-state index < -0.39 is 6.10 Å². The van der Waals surface area contributed by atoms with Gasteiger partial charge in [-0.2, -0.15) is 0 Å². The van der Waals surface area contributed by atoms with Gasteiger partial charge in [0.25, 0.3) is 5.91 Å². The molecule has 6 heteroatoms. The zero-order valence-corrected chi connectivity index (χ0v) is 11.8. The van der Waals surface area contributed by atoms with Crippen LogP contribution >= 0.6 is 27.3 Å². The molecule has 0 saturated carbocycles. The van der Waals surface area contributed by atoms with E-state index in [0.717, 1.165) is 8.66 Å². The molecule has 0 aromatic carbocycles. The number of carbonyl (C=O) groups is 1. The predicted octanol–water partition coefficient (Wildman–Crippen LogP) is 1.56. The molecule has 2 N–H and O–H groups in total. The van der Waals surface area contributed by atoms with Crippen LogP contribution < -0.4 is 5.32 Å². The summed E-state index contributed by atoms with van der Waals surface area (Å²) in [4.78, 5) is 13.0. The monoisotopic (exact) mass is 319 g/mol. The van der Waals surface area contributed by atoms with Crippen LogP contribution in [0.5, 0.6) is 0 Å². The van der Waals surface area contributed by atoms with E-state index in [2.05, 4.69) is 21.2 Å². The molecular formula is C11H14BrNO3S. The van der Waals surface area contributed by atoms with Crippen molar-refractivity contribution in [1.29, 1.82) is 0 Å². The molecule has 2 atom stereocenters. The Kier molecular flexibility index (Phi) is 4.19. The van der Waals surface area contributed by atoms with Crippen molar-refractivity contribution in [1.82, 2.24) is 5.32 Å². The van der Waals surface area contributed by atoms with E-state index >= 15 is 0 Å². The lowest BCUT2D eigenvalue weighted by Crippen LogP contribution is -2.34. The molecule has 2 heterocycles. The lowest BCUT2D eigenvalue weighted by Gasteiger charge is -2.12. The molecule has 1 aromatic heterocycles. The second kappa shape index (κ2) is 5.48. The first-order valence-electron chi connectivity index (χ1n) is 5.38. The van der Waals surface area contributed by atoms with Gasteiger partial charge in [0.15, 0.2) is 0 Å². The average molecular weight is 320 g/mol. The van der Waals surface area contributed by atoms with E-state index in [1.807, 2.05) is 13.0 Å². The van der Waals surface area contributed by atoms with Crippen molar-refractivity contribution in [2.45, 2.75) is 13.0 Å². The van der Waals surface area contributed by atoms with Crippen molar-refractivity contribution in [3.63, 3.8) is 0 Å². The molecule has 0 spiro atoms. The summed E-state index contributed by atoms with van der Waals surface area (Å²) in [5.41, 5.74) is 0.654. The number of aryl methyl sites for hydroxylation is 1. The Labute approximate surface area is 112 Å². The Morgan fingerprint density at radius 2 is 2.47 bits per heavy atom. The van der Waals surface area contributed by atoms with Gasteiger partial charge in [-0.3, -0.25) is 4.79 Å². The Hall–Kier alpha value is -0.430. The molecule has 1 aromatic rings. The number of ether oxygens (including phenoxy) is 1. The molecule has 1 saturated heterocycles. The minimum absolute atomic E-state index is 0.00235. The molecule has 2 rings (SSSR count). The summed E-state index contributed by atoms with van der Waals surface area (Å²) in [6.45, 7) is 3.27. The summed E-state index contributed by atoms with van der Waals surface area (Å²) in [5.74, 6) is -0.113. The number of thiophene rings is 1. The van der Waals surface area contributed by atoms with E-state index in [4.69, 9.17) is 4.74 Å². The van der Waals surface area contributed by atoms with Crippen LogP contribution in [0.3, 0.4) is 0 Å². The Balaban J connectivity index is 1.91. The first-order valence-corrected chi connectivity index (χ1v) is 6.99. The van der Waals surface area contributed by atoms with Gasteiger partial charge in [0.2, 0.25) is 0 Å². The van der Waals surface area contributed by atoms with Crippen molar-refractivity contribution >= 4 is 33.2 Å². The molecule has 1 aliphatic rings. The molecule has 1 fully saturated rings. The normalized spacial score (nSPS) is 23.9. The predicted molar refractivity (Wildman–Crippen MR) is 69.4 cm³/mol. The van der Waals surface area contributed by atoms with Gasteiger partial charge in [0, 0.05) is 17.3 Å². The second-order valence-corrected chi connectivity index (χ2v) is 6.69. The highest BCUT2D eigenvalue weighted by atomic mass is 79.9. The van der Waals surface area contributed by atoms with Crippen LogP contribution in [0.4, 0.5) is 0 Å². The highest BCUT2D eigenvalue weighted by Crippen LogP contribution is 2.27. The fraction of sp³-hybridized carbons (Fsp3) is 0.545. The Bertz CT molecular complexity index is 421. The van der Waals surface area contributed by atoms with Gasteiger partial charge in [-0.05, 0) is 28.9 Å². The molecule has 0 aliphatic carbocycles. The highest BCUT2D eigenvalue weighted by molar-refractivity contribution is 9.11. The zero-order valence-electron chi connectivity index (χ0n) is 9.40. The number of halogens is 1. The summed E-state index contributed by atoms with van der Waals surface area (Å²) in [7, 11) is 0. The number of aliphatic hydroxyl groups excluding tert-OH is 1. The summed E-state index contributed by atoms with van der Waals surface area (Å²) >= 11 is 4.90. The maximum atomic E-state index is 11.9. The van der Waals surface area contributed by atoms with Gasteiger partial charge in [-0.15, -0.1) is 11.3 Å². The topological polar surface area (TPSA) is 58.6 Å². The van der Waals surface area contributed by atoms with Crippen LogP contribution in [0.25, 0.3) is 0 Å². The maximum Gasteiger partial charge on any atom is 0.253 e. The Morgan fingerprint density at radius 1 is 1.71 bits per heavy atom. The second-order valence-electron chi connectivity index (χ2n) is 4.12. The number of hydrogen-bond donors (Lipinski definition) is 2. The third kappa shape index (κ3) is 3.07. The fourth-order valence-electron chi connectivity index (χ4n) is 1.74. The van der Waals surface area contributed by atoms with E-state index in [-0.39, 0.29) is 11.8 Å². The third-order valence-electron chi connectivity index (χ3n) is 2.74. The summed E-state index contributed by atoms with van der Waals surface area (Å²) in [6, 6.07) is 1.85. The van der Waals surface area contributed by atoms with Crippen LogP contribution in [0.15, 0.2) is 9.85 Å². The molecule has 4 nitrogen and oxygen atoms in total. The van der Waals surface area contributed by atoms with Crippen LogP contribution in [0, 0.1) is 12.8 Å². The number of aliphatic hydroxyl groups is 1. The minimum atomic E-state index is -0.469. The summed E-state index contributed by atoms with van der Waals surface area (Å²) < 4.78 is 5.97. The average Bonchev–Trinajstić information content (AvgIpc) is 2.81. The standard InChI is InChI=1S/C11H14BrNO3S/c1-6-2-8(10(12)17-6)11(15)13-3-7-4-16-5-9(7)14/h2,7,9,14H,3-5H2,1H3,(H,13,15)/t7-,9+/m1/s1. The van der Waals surface area contributed by atoms with E-state index in [1.165, 1.54) is 11.3 Å². The summed E-state index contributed by atoms with van der Waals surface area (Å²) in [5, 5.41) is 12.4. The SMILES string of the molecule is Cc1cc(C(=O)NC[C@@H]2COC[C@@H]2O)c(Br)s1. The van der Waals surface area contributed by atoms with E-state index in [0.29, 0.717) is 25.3 Å². The highest BCUT2D eigenvalue weighted by Gasteiger charge is 2.26. The quantitative estimate of drug-likeness (QED) is 0.888. The van der Waals surface area contributed by atoms with Crippen molar-refractivity contribution in [3.05, 3.63) is 20.3 Å². The third-order valence-corrected chi connectivity index (χ3v) is 4.50. The molecule has 94 valence electrons. The van der Waals surface area contributed by atoms with Gasteiger partial charge >= 0.3 is 0 Å². The van der Waals surface area contributed by atoms with Crippen LogP contribution in [-0.2, 0) is 4.74 Å². The molecule has 0 radical (unpaired) electrons. The first kappa shape index (κ1) is 13.0. The van der Waals surface area contributed by atoms with E-state index in [1.54, 1.807) is 0 Å². The van der Waals surface area contributed by atoms with E-state index in [9.17, 15) is 9.90 Å². The fourth-order valence-corrected chi connectivity index (χ4v) is 3.52. The van der Waals surface area contributed by atoms with Crippen molar-refractivity contribution < 1.29 is 14.6 Å². The van der Waals surface area contributed by atoms with Crippen molar-refractivity contribution in [2.24, 2.45) is 5.92 Å². The lowest BCUT2D eigenvalue weighted by molar-refractivity contribution is 0.0925. The minimum Gasteiger partial charge on any atom is -0.390 e. The maximum absolute atomic E-state index is 11.9. The zero-order chi connectivity index (χ0) is 12.4. The summed E-state index contributed by atoms with van der Waals surface area (Å²) in [6.07, 6.45) is -0.469. The molecule has 1 aliphatic heterocycles. The first-order chi connectivity index (χ1) is 8.08. The molecule has 0 bridgehead atoms. The number of amides is 1. The van der Waals surface area contributed by atoms with Gasteiger partial charge < -0.3 is 15.2 Å². The van der Waals surface area contributed by atoms with Crippen LogP contribution in [-0.4, -0.2) is 36.9 Å². The van der Waals surface area contributed by atoms with Crippen LogP contribution in [0.1, 0.15) is 15.2 Å². The van der Waals surface area contributed by atoms with Gasteiger partial charge in [-0.1, -0.05) is 0 Å². The molecular weight excluding hydrogens is 306 g/mol. The Morgan fingerprint density at radius 3 is 3.00 bits per heavy atom. The number of hydrogen-bond acceptors (Lipinski definition) is 4. The number of rotatable bonds is 3. The number of nitrogens with one attached hydrogen (secondary N) is 1. The smallest absolute Gasteiger partial charge is 0.253 e. The van der Waals surface area contributed by atoms with Crippen molar-refractivity contribution in [2.75, 3.05) is 19.8 Å². The molecule has 0 unspecified atom stereocenters.